The molecule has 0 fully saturated rings. The summed E-state index contributed by atoms with van der Waals surface area (Å²) in [4.78, 5) is 28.7. The third kappa shape index (κ3) is 8.16. The number of sulfonamides is 1. The van der Waals surface area contributed by atoms with E-state index >= 15 is 0 Å². The molecule has 0 spiro atoms. The van der Waals surface area contributed by atoms with Gasteiger partial charge in [-0.1, -0.05) is 76.1 Å². The second-order valence-corrected chi connectivity index (χ2v) is 11.7. The summed E-state index contributed by atoms with van der Waals surface area (Å²) < 4.78 is 27.3. The maximum absolute atomic E-state index is 13.9. The smallest absolute Gasteiger partial charge is 0.244 e. The predicted octanol–water partition coefficient (Wildman–Crippen LogP) is 4.30. The number of carbonyl (C=O) groups is 2. The molecule has 0 saturated carbocycles. The van der Waals surface area contributed by atoms with E-state index in [0.29, 0.717) is 18.7 Å². The Morgan fingerprint density at radius 1 is 0.946 bits per heavy atom. The minimum absolute atomic E-state index is 0.160. The Kier molecular flexibility index (Phi) is 9.88. The molecule has 3 aromatic rings. The van der Waals surface area contributed by atoms with Crippen molar-refractivity contribution in [3.8, 4) is 0 Å². The zero-order valence-electron chi connectivity index (χ0n) is 21.2. The molecule has 0 unspecified atom stereocenters. The number of likely N-dealkylation sites (N-methyl/N-ethyl adjacent to an activating group) is 1. The van der Waals surface area contributed by atoms with Crippen LogP contribution in [0.5, 0.6) is 0 Å². The van der Waals surface area contributed by atoms with E-state index in [4.69, 9.17) is 0 Å². The van der Waals surface area contributed by atoms with Gasteiger partial charge in [0.1, 0.15) is 12.6 Å². The molecule has 0 bridgehead atoms. The number of rotatable bonds is 11. The molecule has 9 heteroatoms. The fourth-order valence-corrected chi connectivity index (χ4v) is 5.19. The van der Waals surface area contributed by atoms with Crippen molar-refractivity contribution in [1.82, 2.24) is 10.2 Å². The molecule has 3 rings (SSSR count). The molecule has 0 heterocycles. The van der Waals surface area contributed by atoms with Gasteiger partial charge in [0.15, 0.2) is 0 Å². The zero-order chi connectivity index (χ0) is 27.0. The molecule has 0 aliphatic carbocycles. The molecule has 1 N–H and O–H groups in total. The summed E-state index contributed by atoms with van der Waals surface area (Å²) in [6, 6.07) is 23.1. The van der Waals surface area contributed by atoms with Crippen LogP contribution < -0.4 is 9.62 Å². The molecule has 7 nitrogen and oxygen atoms in total. The normalized spacial score (nSPS) is 12.0. The highest BCUT2D eigenvalue weighted by Gasteiger charge is 2.32. The van der Waals surface area contributed by atoms with Crippen LogP contribution in [-0.2, 0) is 32.6 Å². The maximum atomic E-state index is 13.9. The van der Waals surface area contributed by atoms with Crippen molar-refractivity contribution in [1.29, 1.82) is 0 Å². The predicted molar refractivity (Wildman–Crippen MR) is 151 cm³/mol. The third-order valence-electron chi connectivity index (χ3n) is 5.85. The van der Waals surface area contributed by atoms with Crippen LogP contribution in [-0.4, -0.2) is 50.5 Å². The van der Waals surface area contributed by atoms with E-state index in [1.807, 2.05) is 68.4 Å². The van der Waals surface area contributed by atoms with Crippen LogP contribution in [0.25, 0.3) is 0 Å². The lowest BCUT2D eigenvalue weighted by Crippen LogP contribution is -2.53. The lowest BCUT2D eigenvalue weighted by molar-refractivity contribution is -0.140. The van der Waals surface area contributed by atoms with Crippen LogP contribution in [0.2, 0.25) is 0 Å². The Morgan fingerprint density at radius 2 is 1.59 bits per heavy atom. The summed E-state index contributed by atoms with van der Waals surface area (Å²) in [5, 5.41) is 2.85. The highest BCUT2D eigenvalue weighted by atomic mass is 79.9. The van der Waals surface area contributed by atoms with Crippen LogP contribution in [0.4, 0.5) is 5.69 Å². The van der Waals surface area contributed by atoms with Gasteiger partial charge >= 0.3 is 0 Å². The van der Waals surface area contributed by atoms with Crippen molar-refractivity contribution >= 4 is 43.5 Å². The number of amides is 2. The average molecular weight is 587 g/mol. The molecule has 0 saturated heterocycles. The van der Waals surface area contributed by atoms with Gasteiger partial charge in [0.05, 0.1) is 11.9 Å². The molecule has 37 heavy (non-hydrogen) atoms. The molecule has 196 valence electrons. The fourth-order valence-electron chi connectivity index (χ4n) is 4.07. The molecular formula is C28H32BrN3O4S. The Labute approximate surface area is 227 Å². The Bertz CT molecular complexity index is 1310. The highest BCUT2D eigenvalue weighted by Crippen LogP contribution is 2.22. The van der Waals surface area contributed by atoms with Gasteiger partial charge in [-0.05, 0) is 49.2 Å². The summed E-state index contributed by atoms with van der Waals surface area (Å²) in [5.41, 5.74) is 3.14. The van der Waals surface area contributed by atoms with E-state index < -0.39 is 28.5 Å². The van der Waals surface area contributed by atoms with E-state index in [-0.39, 0.29) is 12.5 Å². The molecule has 2 amide bonds. The van der Waals surface area contributed by atoms with Gasteiger partial charge in [0.2, 0.25) is 21.8 Å². The van der Waals surface area contributed by atoms with Crippen LogP contribution in [0.3, 0.4) is 0 Å². The van der Waals surface area contributed by atoms with Crippen molar-refractivity contribution in [3.63, 3.8) is 0 Å². The van der Waals surface area contributed by atoms with E-state index in [1.165, 1.54) is 4.90 Å². The topological polar surface area (TPSA) is 86.8 Å². The molecular weight excluding hydrogens is 554 g/mol. The summed E-state index contributed by atoms with van der Waals surface area (Å²) in [6.07, 6.45) is 1.36. The Morgan fingerprint density at radius 3 is 2.19 bits per heavy atom. The third-order valence-corrected chi connectivity index (χ3v) is 7.52. The molecule has 0 radical (unpaired) electrons. The summed E-state index contributed by atoms with van der Waals surface area (Å²) >= 11 is 3.36. The minimum Gasteiger partial charge on any atom is -0.355 e. The van der Waals surface area contributed by atoms with Crippen LogP contribution in [0.1, 0.15) is 23.6 Å². The number of anilines is 1. The van der Waals surface area contributed by atoms with Gasteiger partial charge in [-0.15, -0.1) is 0 Å². The van der Waals surface area contributed by atoms with Crippen molar-refractivity contribution in [2.24, 2.45) is 0 Å². The number of hydrogen-bond acceptors (Lipinski definition) is 4. The van der Waals surface area contributed by atoms with Crippen molar-refractivity contribution in [3.05, 3.63) is 100 Å². The molecule has 1 atom stereocenters. The fraction of sp³-hybridized carbons (Fsp3) is 0.286. The van der Waals surface area contributed by atoms with E-state index in [9.17, 15) is 18.0 Å². The van der Waals surface area contributed by atoms with Gasteiger partial charge in [-0.2, -0.15) is 0 Å². The van der Waals surface area contributed by atoms with Crippen LogP contribution >= 0.6 is 15.9 Å². The summed E-state index contributed by atoms with van der Waals surface area (Å²) in [5.74, 6) is -0.760. The van der Waals surface area contributed by atoms with Gasteiger partial charge in [-0.3, -0.25) is 13.9 Å². The van der Waals surface area contributed by atoms with Crippen molar-refractivity contribution in [2.45, 2.75) is 32.9 Å². The maximum Gasteiger partial charge on any atom is 0.244 e. The lowest BCUT2D eigenvalue weighted by Gasteiger charge is -2.33. The van der Waals surface area contributed by atoms with Crippen LogP contribution in [0, 0.1) is 6.92 Å². The Hall–Kier alpha value is -3.17. The van der Waals surface area contributed by atoms with E-state index in [2.05, 4.69) is 21.2 Å². The monoisotopic (exact) mass is 585 g/mol. The van der Waals surface area contributed by atoms with E-state index in [1.54, 1.807) is 24.3 Å². The van der Waals surface area contributed by atoms with Crippen LogP contribution in [0.15, 0.2) is 83.3 Å². The SMILES string of the molecule is CCNC(=O)[C@@H](Cc1ccccc1)N(Cc1cccc(C)c1)C(=O)CN(c1ccc(Br)cc1)S(C)(=O)=O. The quantitative estimate of drug-likeness (QED) is 0.363. The molecule has 3 aromatic carbocycles. The second kappa shape index (κ2) is 12.9. The summed E-state index contributed by atoms with van der Waals surface area (Å²) in [6.45, 7) is 3.91. The molecule has 0 aliphatic rings. The van der Waals surface area contributed by atoms with Crippen molar-refractivity contribution < 1.29 is 18.0 Å². The standard InChI is InChI=1S/C28H32BrN3O4S/c1-4-30-28(34)26(18-22-10-6-5-7-11-22)31(19-23-12-8-9-21(2)17-23)27(33)20-32(37(3,35)36)25-15-13-24(29)14-16-25/h5-17,26H,4,18-20H2,1-3H3,(H,30,34)/t26-/m1/s1. The lowest BCUT2D eigenvalue weighted by atomic mass is 10.0. The first-order valence-corrected chi connectivity index (χ1v) is 14.6. The first-order chi connectivity index (χ1) is 17.6. The zero-order valence-corrected chi connectivity index (χ0v) is 23.6. The highest BCUT2D eigenvalue weighted by molar-refractivity contribution is 9.10. The van der Waals surface area contributed by atoms with E-state index in [0.717, 1.165) is 31.7 Å². The van der Waals surface area contributed by atoms with Gasteiger partial charge in [0, 0.05) is 24.0 Å². The number of nitrogens with one attached hydrogen (secondary N) is 1. The number of carbonyl (C=O) groups excluding carboxylic acids is 2. The molecule has 0 aromatic heterocycles. The minimum atomic E-state index is -3.78. The number of hydrogen-bond donors (Lipinski definition) is 1. The number of halogens is 1. The first kappa shape index (κ1) is 28.4. The largest absolute Gasteiger partial charge is 0.355 e. The molecule has 0 aliphatic heterocycles. The number of aryl methyl sites for hydroxylation is 1. The van der Waals surface area contributed by atoms with Crippen molar-refractivity contribution in [2.75, 3.05) is 23.7 Å². The van der Waals surface area contributed by atoms with Gasteiger partial charge < -0.3 is 10.2 Å². The first-order valence-electron chi connectivity index (χ1n) is 12.0. The Balaban J connectivity index is 2.03. The second-order valence-electron chi connectivity index (χ2n) is 8.86. The number of benzene rings is 3. The summed E-state index contributed by atoms with van der Waals surface area (Å²) in [7, 11) is -3.78. The van der Waals surface area contributed by atoms with Gasteiger partial charge in [0.25, 0.3) is 0 Å². The average Bonchev–Trinajstić information content (AvgIpc) is 2.85. The number of nitrogens with zero attached hydrogens (tertiary/aromatic N) is 2. The van der Waals surface area contributed by atoms with Gasteiger partial charge in [-0.25, -0.2) is 8.42 Å².